The molecule has 118 valence electrons. The Morgan fingerprint density at radius 2 is 2.00 bits per heavy atom. The van der Waals surface area contributed by atoms with Crippen LogP contribution in [0.5, 0.6) is 5.75 Å². The first-order valence-electron chi connectivity index (χ1n) is 7.40. The van der Waals surface area contributed by atoms with Gasteiger partial charge in [-0.2, -0.15) is 0 Å². The number of phenols is 1. The second-order valence-corrected chi connectivity index (χ2v) is 6.51. The van der Waals surface area contributed by atoms with Gasteiger partial charge >= 0.3 is 0 Å². The van der Waals surface area contributed by atoms with Gasteiger partial charge in [-0.1, -0.05) is 18.2 Å². The van der Waals surface area contributed by atoms with Crippen LogP contribution in [-0.4, -0.2) is 15.2 Å². The van der Waals surface area contributed by atoms with Crippen molar-refractivity contribution < 1.29 is 14.3 Å². The Morgan fingerprint density at radius 3 is 2.65 bits per heavy atom. The third-order valence-corrected chi connectivity index (χ3v) is 4.54. The van der Waals surface area contributed by atoms with E-state index in [4.69, 9.17) is 4.42 Å². The minimum absolute atomic E-state index is 0.159. The molecule has 4 nitrogen and oxygen atoms in total. The molecule has 1 aromatic heterocycles. The zero-order valence-electron chi connectivity index (χ0n) is 13.0. The maximum absolute atomic E-state index is 12.3. The number of thioether (sulfide) groups is 1. The molecule has 0 atom stereocenters. The number of aryl methyl sites for hydroxylation is 2. The first-order valence-corrected chi connectivity index (χ1v) is 8.21. The Morgan fingerprint density at radius 1 is 1.26 bits per heavy atom. The number of nitrogens with zero attached hydrogens (tertiary/aromatic N) is 1. The number of aromatic hydroxyl groups is 1. The molecule has 0 saturated heterocycles. The lowest BCUT2D eigenvalue weighted by atomic mass is 10.1. The van der Waals surface area contributed by atoms with Gasteiger partial charge in [0.1, 0.15) is 5.75 Å². The molecule has 1 aliphatic rings. The number of benzene rings is 1. The number of phenolic OH excluding ortho intramolecular Hbond substituents is 1. The fraction of sp³-hybridized carbons (Fsp3) is 0.222. The van der Waals surface area contributed by atoms with Crippen LogP contribution in [0.4, 0.5) is 0 Å². The molecular formula is C18H17NO3S. The summed E-state index contributed by atoms with van der Waals surface area (Å²) >= 11 is 1.15. The minimum Gasteiger partial charge on any atom is -0.507 e. The largest absolute Gasteiger partial charge is 0.507 e. The number of carbonyl (C=O) groups excluding carboxylic acids is 1. The molecule has 1 aromatic carbocycles. The van der Waals surface area contributed by atoms with Crippen LogP contribution in [0, 0.1) is 13.8 Å². The van der Waals surface area contributed by atoms with Crippen molar-refractivity contribution in [2.24, 2.45) is 0 Å². The number of allylic oxidation sites excluding steroid dienone is 3. The van der Waals surface area contributed by atoms with Gasteiger partial charge in [0, 0.05) is 10.5 Å². The molecule has 5 heteroatoms. The van der Waals surface area contributed by atoms with E-state index in [1.807, 2.05) is 26.0 Å². The molecular weight excluding hydrogens is 310 g/mol. The summed E-state index contributed by atoms with van der Waals surface area (Å²) in [5.74, 6) is 0.879. The predicted octanol–water partition coefficient (Wildman–Crippen LogP) is 4.77. The van der Waals surface area contributed by atoms with Crippen molar-refractivity contribution in [3.05, 3.63) is 58.3 Å². The zero-order chi connectivity index (χ0) is 16.4. The third-order valence-electron chi connectivity index (χ3n) is 3.62. The molecule has 0 saturated carbocycles. The number of oxazole rings is 1. The molecule has 0 aliphatic heterocycles. The highest BCUT2D eigenvalue weighted by Crippen LogP contribution is 2.31. The van der Waals surface area contributed by atoms with Gasteiger partial charge in [-0.3, -0.25) is 4.79 Å². The second kappa shape index (κ2) is 6.46. The number of rotatable bonds is 3. The summed E-state index contributed by atoms with van der Waals surface area (Å²) in [6.07, 6.45) is 9.49. The fourth-order valence-electron chi connectivity index (χ4n) is 2.40. The zero-order valence-corrected chi connectivity index (χ0v) is 13.8. The number of hydrogen-bond donors (Lipinski definition) is 1. The Labute approximate surface area is 138 Å². The smallest absolute Gasteiger partial charge is 0.261 e. The van der Waals surface area contributed by atoms with E-state index in [2.05, 4.69) is 11.1 Å². The topological polar surface area (TPSA) is 63.3 Å². The van der Waals surface area contributed by atoms with Gasteiger partial charge in [-0.25, -0.2) is 4.98 Å². The van der Waals surface area contributed by atoms with Gasteiger partial charge in [0.05, 0.1) is 6.20 Å². The van der Waals surface area contributed by atoms with E-state index in [0.717, 1.165) is 46.2 Å². The monoisotopic (exact) mass is 327 g/mol. The molecule has 3 rings (SSSR count). The lowest BCUT2D eigenvalue weighted by Crippen LogP contribution is -1.92. The van der Waals surface area contributed by atoms with E-state index < -0.39 is 0 Å². The van der Waals surface area contributed by atoms with E-state index in [1.165, 1.54) is 6.20 Å². The highest BCUT2D eigenvalue weighted by atomic mass is 32.2. The molecule has 1 aliphatic carbocycles. The van der Waals surface area contributed by atoms with Crippen molar-refractivity contribution in [1.82, 2.24) is 4.98 Å². The molecule has 0 amide bonds. The van der Waals surface area contributed by atoms with Gasteiger partial charge in [0.25, 0.3) is 5.12 Å². The third kappa shape index (κ3) is 3.40. The van der Waals surface area contributed by atoms with Gasteiger partial charge < -0.3 is 9.52 Å². The van der Waals surface area contributed by atoms with E-state index in [1.54, 1.807) is 12.1 Å². The van der Waals surface area contributed by atoms with Crippen LogP contribution in [0.15, 0.2) is 45.9 Å². The Kier molecular flexibility index (Phi) is 4.39. The summed E-state index contributed by atoms with van der Waals surface area (Å²) in [5, 5.41) is 9.67. The average Bonchev–Trinajstić information content (AvgIpc) is 3.03. The number of aromatic nitrogens is 1. The van der Waals surface area contributed by atoms with Crippen LogP contribution < -0.4 is 0 Å². The van der Waals surface area contributed by atoms with Crippen molar-refractivity contribution in [2.75, 3.05) is 0 Å². The highest BCUT2D eigenvalue weighted by Gasteiger charge is 2.17. The first-order chi connectivity index (χ1) is 11.0. The van der Waals surface area contributed by atoms with Crippen molar-refractivity contribution in [2.45, 2.75) is 26.7 Å². The summed E-state index contributed by atoms with van der Waals surface area (Å²) < 4.78 is 5.61. The van der Waals surface area contributed by atoms with Gasteiger partial charge in [0.15, 0.2) is 0 Å². The first kappa shape index (κ1) is 15.6. The fourth-order valence-corrected chi connectivity index (χ4v) is 3.18. The van der Waals surface area contributed by atoms with Crippen LogP contribution in [-0.2, 0) is 0 Å². The standard InChI is InChI=1S/C18H17NO3S/c1-11-8-13(9-12(2)16(11)20)17-19-10-15(22-17)18(21)23-14-6-4-3-5-7-14/h4,6-10,20H,3,5H2,1-2H3. The van der Waals surface area contributed by atoms with Crippen LogP contribution >= 0.6 is 11.8 Å². The summed E-state index contributed by atoms with van der Waals surface area (Å²) in [4.78, 5) is 17.4. The van der Waals surface area contributed by atoms with E-state index >= 15 is 0 Å². The van der Waals surface area contributed by atoms with Crippen molar-refractivity contribution >= 4 is 16.9 Å². The number of hydrogen-bond acceptors (Lipinski definition) is 5. The molecule has 1 N–H and O–H groups in total. The summed E-state index contributed by atoms with van der Waals surface area (Å²) in [5.41, 5.74) is 2.24. The molecule has 1 heterocycles. The maximum Gasteiger partial charge on any atom is 0.261 e. The molecule has 0 spiro atoms. The van der Waals surface area contributed by atoms with Crippen LogP contribution in [0.25, 0.3) is 11.5 Å². The van der Waals surface area contributed by atoms with Crippen molar-refractivity contribution in [3.63, 3.8) is 0 Å². The van der Waals surface area contributed by atoms with E-state index in [9.17, 15) is 9.90 Å². The molecule has 0 fully saturated rings. The molecule has 23 heavy (non-hydrogen) atoms. The molecule has 0 unspecified atom stereocenters. The molecule has 0 radical (unpaired) electrons. The lowest BCUT2D eigenvalue weighted by molar-refractivity contribution is 0.106. The predicted molar refractivity (Wildman–Crippen MR) is 91.5 cm³/mol. The van der Waals surface area contributed by atoms with Crippen molar-refractivity contribution in [3.8, 4) is 17.2 Å². The van der Waals surface area contributed by atoms with Gasteiger partial charge in [0.2, 0.25) is 11.7 Å². The summed E-state index contributed by atoms with van der Waals surface area (Å²) in [6.45, 7) is 3.64. The quantitative estimate of drug-likeness (QED) is 0.879. The average molecular weight is 327 g/mol. The van der Waals surface area contributed by atoms with Gasteiger partial charge in [-0.05, 0) is 61.7 Å². The normalized spacial score (nSPS) is 13.9. The Hall–Kier alpha value is -2.27. The van der Waals surface area contributed by atoms with Crippen LogP contribution in [0.1, 0.15) is 34.5 Å². The Bertz CT molecular complexity index is 794. The van der Waals surface area contributed by atoms with Crippen molar-refractivity contribution in [1.29, 1.82) is 0 Å². The number of carbonyl (C=O) groups is 1. The Balaban J connectivity index is 1.81. The van der Waals surface area contributed by atoms with Crippen LogP contribution in [0.3, 0.4) is 0 Å². The second-order valence-electron chi connectivity index (χ2n) is 5.46. The van der Waals surface area contributed by atoms with E-state index in [-0.39, 0.29) is 16.6 Å². The summed E-state index contributed by atoms with van der Waals surface area (Å²) in [7, 11) is 0. The van der Waals surface area contributed by atoms with E-state index in [0.29, 0.717) is 5.89 Å². The molecule has 0 bridgehead atoms. The minimum atomic E-state index is -0.159. The summed E-state index contributed by atoms with van der Waals surface area (Å²) in [6, 6.07) is 3.59. The van der Waals surface area contributed by atoms with Crippen LogP contribution in [0.2, 0.25) is 0 Å². The van der Waals surface area contributed by atoms with Gasteiger partial charge in [-0.15, -0.1) is 0 Å². The lowest BCUT2D eigenvalue weighted by Gasteiger charge is -2.05. The highest BCUT2D eigenvalue weighted by molar-refractivity contribution is 8.17. The SMILES string of the molecule is Cc1cc(-c2ncc(C(=O)SC3=CCCC=C3)o2)cc(C)c1O. The maximum atomic E-state index is 12.3. The molecule has 2 aromatic rings.